The van der Waals surface area contributed by atoms with E-state index >= 15 is 0 Å². The van der Waals surface area contributed by atoms with E-state index in [0.717, 1.165) is 11.1 Å². The van der Waals surface area contributed by atoms with Crippen molar-refractivity contribution in [2.75, 3.05) is 5.32 Å². The molecular formula is C21H16FNO4. The van der Waals surface area contributed by atoms with Crippen molar-refractivity contribution in [3.63, 3.8) is 0 Å². The van der Waals surface area contributed by atoms with Gasteiger partial charge in [-0.1, -0.05) is 6.07 Å². The van der Waals surface area contributed by atoms with Gasteiger partial charge in [0.25, 0.3) is 0 Å². The Morgan fingerprint density at radius 2 is 1.81 bits per heavy atom. The first-order chi connectivity index (χ1) is 12.9. The maximum atomic E-state index is 13.0. The van der Waals surface area contributed by atoms with Gasteiger partial charge in [-0.3, -0.25) is 4.79 Å². The van der Waals surface area contributed by atoms with Crippen LogP contribution in [0.25, 0.3) is 17.4 Å². The fraction of sp³-hybridized carbons (Fsp3) is 0.0476. The third-order valence-corrected chi connectivity index (χ3v) is 3.90. The number of carboxylic acids is 1. The fourth-order valence-corrected chi connectivity index (χ4v) is 2.43. The highest BCUT2D eigenvalue weighted by molar-refractivity contribution is 6.03. The highest BCUT2D eigenvalue weighted by Gasteiger charge is 2.08. The van der Waals surface area contributed by atoms with Crippen molar-refractivity contribution >= 4 is 23.6 Å². The summed E-state index contributed by atoms with van der Waals surface area (Å²) in [5.41, 5.74) is 1.99. The number of nitrogens with one attached hydrogen (secondary N) is 1. The van der Waals surface area contributed by atoms with E-state index in [1.54, 1.807) is 37.3 Å². The summed E-state index contributed by atoms with van der Waals surface area (Å²) >= 11 is 0. The number of amides is 1. The number of hydrogen-bond donors (Lipinski definition) is 2. The van der Waals surface area contributed by atoms with E-state index in [9.17, 15) is 14.0 Å². The van der Waals surface area contributed by atoms with Crippen molar-refractivity contribution in [1.29, 1.82) is 0 Å². The first kappa shape index (κ1) is 18.1. The first-order valence-electron chi connectivity index (χ1n) is 8.11. The molecule has 2 N–H and O–H groups in total. The molecule has 3 aromatic rings. The lowest BCUT2D eigenvalue weighted by Crippen LogP contribution is -2.10. The Labute approximate surface area is 154 Å². The number of carbonyl (C=O) groups is 2. The Hall–Kier alpha value is -3.67. The number of carbonyl (C=O) groups excluding carboxylic acids is 1. The van der Waals surface area contributed by atoms with E-state index in [1.807, 2.05) is 0 Å². The van der Waals surface area contributed by atoms with Crippen LogP contribution < -0.4 is 5.32 Å². The Morgan fingerprint density at radius 1 is 1.07 bits per heavy atom. The molecule has 1 amide bonds. The van der Waals surface area contributed by atoms with Gasteiger partial charge in [-0.05, 0) is 67.1 Å². The lowest BCUT2D eigenvalue weighted by Gasteiger charge is -2.07. The standard InChI is InChI=1S/C21H16FNO4/c1-13-2-3-15(21(25)26)12-18(13)23-20(24)11-9-17-8-10-19(27-17)14-4-6-16(22)7-5-14/h2-12H,1H3,(H,23,24)(H,25,26)/b11-9+. The van der Waals surface area contributed by atoms with Gasteiger partial charge in [0.15, 0.2) is 0 Å². The number of benzene rings is 2. The number of aryl methyl sites for hydroxylation is 1. The normalized spacial score (nSPS) is 10.9. The summed E-state index contributed by atoms with van der Waals surface area (Å²) in [6, 6.07) is 13.8. The third-order valence-electron chi connectivity index (χ3n) is 3.90. The van der Waals surface area contributed by atoms with Crippen molar-refractivity contribution < 1.29 is 23.5 Å². The van der Waals surface area contributed by atoms with Crippen LogP contribution in [0.4, 0.5) is 10.1 Å². The Morgan fingerprint density at radius 3 is 2.52 bits per heavy atom. The molecule has 136 valence electrons. The van der Waals surface area contributed by atoms with Crippen molar-refractivity contribution in [2.45, 2.75) is 6.92 Å². The Kier molecular flexibility index (Phi) is 5.17. The maximum Gasteiger partial charge on any atom is 0.335 e. The molecule has 0 unspecified atom stereocenters. The van der Waals surface area contributed by atoms with Gasteiger partial charge in [0.05, 0.1) is 5.56 Å². The predicted octanol–water partition coefficient (Wildman–Crippen LogP) is 4.74. The van der Waals surface area contributed by atoms with Gasteiger partial charge in [-0.15, -0.1) is 0 Å². The van der Waals surface area contributed by atoms with E-state index in [-0.39, 0.29) is 11.4 Å². The molecule has 0 atom stereocenters. The molecule has 3 rings (SSSR count). The molecule has 1 aromatic heterocycles. The van der Waals surface area contributed by atoms with E-state index in [0.29, 0.717) is 17.2 Å². The van der Waals surface area contributed by atoms with Gasteiger partial charge in [-0.25, -0.2) is 9.18 Å². The Balaban J connectivity index is 1.70. The van der Waals surface area contributed by atoms with Gasteiger partial charge in [-0.2, -0.15) is 0 Å². The number of hydrogen-bond acceptors (Lipinski definition) is 3. The lowest BCUT2D eigenvalue weighted by atomic mass is 10.1. The van der Waals surface area contributed by atoms with E-state index in [2.05, 4.69) is 5.32 Å². The fourth-order valence-electron chi connectivity index (χ4n) is 2.43. The second-order valence-corrected chi connectivity index (χ2v) is 5.87. The Bertz CT molecular complexity index is 1020. The van der Waals surface area contributed by atoms with E-state index in [4.69, 9.17) is 9.52 Å². The molecule has 0 spiro atoms. The summed E-state index contributed by atoms with van der Waals surface area (Å²) in [5, 5.41) is 11.7. The topological polar surface area (TPSA) is 79.5 Å². The molecule has 0 aliphatic rings. The van der Waals surface area contributed by atoms with Gasteiger partial charge < -0.3 is 14.8 Å². The quantitative estimate of drug-likeness (QED) is 0.640. The molecule has 2 aromatic carbocycles. The minimum absolute atomic E-state index is 0.0925. The highest BCUT2D eigenvalue weighted by atomic mass is 19.1. The van der Waals surface area contributed by atoms with Crippen LogP contribution in [0.15, 0.2) is 65.1 Å². The van der Waals surface area contributed by atoms with Crippen LogP contribution in [0.3, 0.4) is 0 Å². The summed E-state index contributed by atoms with van der Waals surface area (Å²) in [5.74, 6) is -0.796. The average Bonchev–Trinajstić information content (AvgIpc) is 3.11. The van der Waals surface area contributed by atoms with Gasteiger partial charge in [0, 0.05) is 17.3 Å². The first-order valence-corrected chi connectivity index (χ1v) is 8.11. The van der Waals surface area contributed by atoms with Crippen molar-refractivity contribution in [2.24, 2.45) is 0 Å². The number of aromatic carboxylic acids is 1. The second kappa shape index (κ2) is 7.70. The van der Waals surface area contributed by atoms with Crippen LogP contribution >= 0.6 is 0 Å². The molecule has 0 bridgehead atoms. The van der Waals surface area contributed by atoms with E-state index in [1.165, 1.54) is 36.4 Å². The zero-order chi connectivity index (χ0) is 19.4. The molecule has 6 heteroatoms. The van der Waals surface area contributed by atoms with Crippen LogP contribution in [0, 0.1) is 12.7 Å². The van der Waals surface area contributed by atoms with Crippen LogP contribution in [0.1, 0.15) is 21.7 Å². The molecule has 0 saturated carbocycles. The van der Waals surface area contributed by atoms with Gasteiger partial charge >= 0.3 is 5.97 Å². The van der Waals surface area contributed by atoms with Crippen molar-refractivity contribution in [1.82, 2.24) is 0 Å². The molecule has 0 aliphatic carbocycles. The highest BCUT2D eigenvalue weighted by Crippen LogP contribution is 2.23. The number of anilines is 1. The third kappa shape index (κ3) is 4.49. The second-order valence-electron chi connectivity index (χ2n) is 5.87. The summed E-state index contributed by atoms with van der Waals surface area (Å²) in [4.78, 5) is 23.1. The minimum atomic E-state index is -1.06. The number of furan rings is 1. The maximum absolute atomic E-state index is 13.0. The van der Waals surface area contributed by atoms with E-state index < -0.39 is 11.9 Å². The molecule has 0 saturated heterocycles. The predicted molar refractivity (Wildman–Crippen MR) is 99.9 cm³/mol. The average molecular weight is 365 g/mol. The van der Waals surface area contributed by atoms with Crippen LogP contribution in [-0.4, -0.2) is 17.0 Å². The molecule has 0 fully saturated rings. The summed E-state index contributed by atoms with van der Waals surface area (Å²) in [6.45, 7) is 1.77. The monoisotopic (exact) mass is 365 g/mol. The SMILES string of the molecule is Cc1ccc(C(=O)O)cc1NC(=O)/C=C/c1ccc(-c2ccc(F)cc2)o1. The lowest BCUT2D eigenvalue weighted by molar-refractivity contribution is -0.111. The summed E-state index contributed by atoms with van der Waals surface area (Å²) in [6.07, 6.45) is 2.79. The molecule has 1 heterocycles. The minimum Gasteiger partial charge on any atom is -0.478 e. The molecule has 0 aliphatic heterocycles. The van der Waals surface area contributed by atoms with Gasteiger partial charge in [0.1, 0.15) is 17.3 Å². The molecule has 27 heavy (non-hydrogen) atoms. The van der Waals surface area contributed by atoms with Gasteiger partial charge in [0.2, 0.25) is 5.91 Å². The summed E-state index contributed by atoms with van der Waals surface area (Å²) in [7, 11) is 0. The van der Waals surface area contributed by atoms with Crippen molar-refractivity contribution in [3.8, 4) is 11.3 Å². The number of carboxylic acid groups (broad SMARTS) is 1. The largest absolute Gasteiger partial charge is 0.478 e. The van der Waals surface area contributed by atoms with Crippen LogP contribution in [-0.2, 0) is 4.79 Å². The zero-order valence-corrected chi connectivity index (χ0v) is 14.4. The molecule has 0 radical (unpaired) electrons. The number of rotatable bonds is 5. The van der Waals surface area contributed by atoms with Crippen molar-refractivity contribution in [3.05, 3.63) is 83.4 Å². The number of halogens is 1. The summed E-state index contributed by atoms with van der Waals surface area (Å²) < 4.78 is 18.6. The zero-order valence-electron chi connectivity index (χ0n) is 14.4. The van der Waals surface area contributed by atoms with Crippen LogP contribution in [0.5, 0.6) is 0 Å². The smallest absolute Gasteiger partial charge is 0.335 e. The molecular weight excluding hydrogens is 349 g/mol. The molecule has 5 nitrogen and oxygen atoms in total. The van der Waals surface area contributed by atoms with Crippen LogP contribution in [0.2, 0.25) is 0 Å².